The number of oxazole rings is 1. The highest BCUT2D eigenvalue weighted by atomic mass is 19.1. The van der Waals surface area contributed by atoms with Gasteiger partial charge in [0.1, 0.15) is 17.6 Å². The van der Waals surface area contributed by atoms with E-state index in [9.17, 15) is 9.18 Å². The van der Waals surface area contributed by atoms with E-state index in [1.807, 2.05) is 6.07 Å². The van der Waals surface area contributed by atoms with Crippen LogP contribution in [0.3, 0.4) is 0 Å². The Balaban J connectivity index is 1.54. The molecule has 0 radical (unpaired) electrons. The van der Waals surface area contributed by atoms with E-state index in [4.69, 9.17) is 4.42 Å². The van der Waals surface area contributed by atoms with E-state index in [0.717, 1.165) is 24.8 Å². The zero-order valence-electron chi connectivity index (χ0n) is 14.7. The Labute approximate surface area is 156 Å². The zero-order valence-corrected chi connectivity index (χ0v) is 14.7. The molecule has 0 spiro atoms. The van der Waals surface area contributed by atoms with Crippen molar-refractivity contribution in [2.45, 2.75) is 31.7 Å². The first-order valence-electron chi connectivity index (χ1n) is 8.97. The van der Waals surface area contributed by atoms with Gasteiger partial charge >= 0.3 is 0 Å². The molecule has 1 unspecified atom stereocenters. The maximum atomic E-state index is 13.4. The average Bonchev–Trinajstić information content (AvgIpc) is 3.16. The molecule has 3 aromatic rings. The van der Waals surface area contributed by atoms with Crippen molar-refractivity contribution >= 4 is 5.91 Å². The van der Waals surface area contributed by atoms with Gasteiger partial charge in [0.05, 0.1) is 24.2 Å². The third-order valence-corrected chi connectivity index (χ3v) is 4.72. The van der Waals surface area contributed by atoms with Crippen molar-refractivity contribution in [1.82, 2.24) is 20.1 Å². The number of likely N-dealkylation sites (tertiary alicyclic amines) is 1. The first-order valence-corrected chi connectivity index (χ1v) is 8.97. The summed E-state index contributed by atoms with van der Waals surface area (Å²) in [5, 5.41) is 7.51. The number of carbonyl (C=O) groups is 1. The predicted octanol–water partition coefficient (Wildman–Crippen LogP) is 3.56. The largest absolute Gasteiger partial charge is 0.443 e. The fourth-order valence-corrected chi connectivity index (χ4v) is 3.42. The summed E-state index contributed by atoms with van der Waals surface area (Å²) in [6.07, 6.45) is 7.84. The van der Waals surface area contributed by atoms with Crippen molar-refractivity contribution in [3.63, 3.8) is 0 Å². The molecule has 7 heteroatoms. The predicted molar refractivity (Wildman–Crippen MR) is 95.4 cm³/mol. The molecule has 27 heavy (non-hydrogen) atoms. The van der Waals surface area contributed by atoms with E-state index in [1.165, 1.54) is 24.5 Å². The van der Waals surface area contributed by atoms with Crippen LogP contribution in [0.15, 0.2) is 53.3 Å². The van der Waals surface area contributed by atoms with Gasteiger partial charge in [-0.05, 0) is 43.0 Å². The second-order valence-electron chi connectivity index (χ2n) is 6.61. The minimum Gasteiger partial charge on any atom is -0.443 e. The summed E-state index contributed by atoms with van der Waals surface area (Å²) in [6, 6.07) is 7.86. The van der Waals surface area contributed by atoms with Crippen molar-refractivity contribution in [1.29, 1.82) is 0 Å². The maximum Gasteiger partial charge on any atom is 0.256 e. The van der Waals surface area contributed by atoms with E-state index < -0.39 is 0 Å². The summed E-state index contributed by atoms with van der Waals surface area (Å²) in [6.45, 7) is 0.646. The van der Waals surface area contributed by atoms with E-state index in [-0.39, 0.29) is 17.8 Å². The van der Waals surface area contributed by atoms with E-state index in [0.29, 0.717) is 30.2 Å². The summed E-state index contributed by atoms with van der Waals surface area (Å²) >= 11 is 0. The summed E-state index contributed by atoms with van der Waals surface area (Å²) in [7, 11) is 0. The number of rotatable bonds is 4. The van der Waals surface area contributed by atoms with Gasteiger partial charge in [-0.1, -0.05) is 12.1 Å². The first-order chi connectivity index (χ1) is 13.2. The molecule has 138 valence electrons. The molecule has 4 rings (SSSR count). The lowest BCUT2D eigenvalue weighted by molar-refractivity contribution is 0.0569. The molecule has 1 aromatic carbocycles. The Morgan fingerprint density at radius 1 is 1.22 bits per heavy atom. The van der Waals surface area contributed by atoms with Crippen LogP contribution in [0.2, 0.25) is 0 Å². The Morgan fingerprint density at radius 2 is 2.15 bits per heavy atom. The van der Waals surface area contributed by atoms with Crippen LogP contribution in [-0.4, -0.2) is 32.5 Å². The molecule has 0 bridgehead atoms. The second-order valence-corrected chi connectivity index (χ2v) is 6.61. The number of benzene rings is 1. The normalized spacial score (nSPS) is 17.1. The maximum absolute atomic E-state index is 13.4. The Morgan fingerprint density at radius 3 is 2.96 bits per heavy atom. The molecule has 1 fully saturated rings. The molecule has 1 atom stereocenters. The molecule has 0 saturated carbocycles. The first kappa shape index (κ1) is 17.3. The van der Waals surface area contributed by atoms with Crippen LogP contribution in [0, 0.1) is 5.82 Å². The molecule has 1 aliphatic rings. The summed E-state index contributed by atoms with van der Waals surface area (Å²) in [5.41, 5.74) is 1.32. The molecule has 2 aromatic heterocycles. The van der Waals surface area contributed by atoms with Crippen molar-refractivity contribution in [3.8, 4) is 0 Å². The smallest absolute Gasteiger partial charge is 0.256 e. The molecule has 1 saturated heterocycles. The van der Waals surface area contributed by atoms with E-state index in [2.05, 4.69) is 15.2 Å². The lowest BCUT2D eigenvalue weighted by Gasteiger charge is -2.33. The van der Waals surface area contributed by atoms with Crippen LogP contribution < -0.4 is 0 Å². The van der Waals surface area contributed by atoms with Crippen LogP contribution in [0.1, 0.15) is 52.9 Å². The van der Waals surface area contributed by atoms with Gasteiger partial charge in [0.25, 0.3) is 5.91 Å². The van der Waals surface area contributed by atoms with Gasteiger partial charge in [-0.25, -0.2) is 9.37 Å². The van der Waals surface area contributed by atoms with Gasteiger partial charge in [-0.15, -0.1) is 0 Å². The molecule has 0 aliphatic carbocycles. The highest BCUT2D eigenvalue weighted by Gasteiger charge is 2.32. The van der Waals surface area contributed by atoms with Crippen LogP contribution in [0.4, 0.5) is 4.39 Å². The SMILES string of the molecule is O=C(c1ccnnc1)N1CCCCC1c1ncc(Cc2cccc(F)c2)o1. The monoisotopic (exact) mass is 366 g/mol. The lowest BCUT2D eigenvalue weighted by Crippen LogP contribution is -2.38. The number of piperidine rings is 1. The molecular weight excluding hydrogens is 347 g/mol. The molecule has 1 aliphatic heterocycles. The topological polar surface area (TPSA) is 72.1 Å². The third-order valence-electron chi connectivity index (χ3n) is 4.72. The highest BCUT2D eigenvalue weighted by molar-refractivity contribution is 5.94. The van der Waals surface area contributed by atoms with Gasteiger partial charge in [-0.3, -0.25) is 4.79 Å². The van der Waals surface area contributed by atoms with Crippen molar-refractivity contribution in [3.05, 3.63) is 77.5 Å². The van der Waals surface area contributed by atoms with Gasteiger partial charge in [0, 0.05) is 13.0 Å². The second kappa shape index (κ2) is 7.65. The minimum absolute atomic E-state index is 0.0977. The molecular formula is C20H19FN4O2. The van der Waals surface area contributed by atoms with Crippen molar-refractivity contribution in [2.24, 2.45) is 0 Å². The zero-order chi connectivity index (χ0) is 18.6. The number of carbonyl (C=O) groups excluding carboxylic acids is 1. The number of nitrogens with zero attached hydrogens (tertiary/aromatic N) is 4. The number of hydrogen-bond donors (Lipinski definition) is 0. The van der Waals surface area contributed by atoms with E-state index >= 15 is 0 Å². The summed E-state index contributed by atoms with van der Waals surface area (Å²) < 4.78 is 19.3. The molecule has 6 nitrogen and oxygen atoms in total. The Bertz CT molecular complexity index is 928. The van der Waals surface area contributed by atoms with Crippen LogP contribution in [0.25, 0.3) is 0 Å². The fourth-order valence-electron chi connectivity index (χ4n) is 3.42. The summed E-state index contributed by atoms with van der Waals surface area (Å²) in [4.78, 5) is 19.1. The van der Waals surface area contributed by atoms with Crippen molar-refractivity contribution < 1.29 is 13.6 Å². The minimum atomic E-state index is -0.276. The quantitative estimate of drug-likeness (QED) is 0.706. The molecule has 3 heterocycles. The van der Waals surface area contributed by atoms with Crippen LogP contribution in [-0.2, 0) is 6.42 Å². The number of halogens is 1. The average molecular weight is 366 g/mol. The van der Waals surface area contributed by atoms with Crippen LogP contribution in [0.5, 0.6) is 0 Å². The fraction of sp³-hybridized carbons (Fsp3) is 0.300. The summed E-state index contributed by atoms with van der Waals surface area (Å²) in [5.74, 6) is 0.803. The Kier molecular flexibility index (Phi) is 4.91. The van der Waals surface area contributed by atoms with Crippen LogP contribution >= 0.6 is 0 Å². The third kappa shape index (κ3) is 3.86. The highest BCUT2D eigenvalue weighted by Crippen LogP contribution is 2.32. The van der Waals surface area contributed by atoms with Gasteiger partial charge < -0.3 is 9.32 Å². The standard InChI is InChI=1S/C20H19FN4O2/c21-16-5-3-4-14(10-16)11-17-13-22-19(27-17)18-6-1-2-9-25(18)20(26)15-7-8-23-24-12-15/h3-5,7-8,10,12-13,18H,1-2,6,9,11H2. The molecule has 0 N–H and O–H groups in total. The number of hydrogen-bond acceptors (Lipinski definition) is 5. The van der Waals surface area contributed by atoms with Crippen molar-refractivity contribution in [2.75, 3.05) is 6.54 Å². The number of aromatic nitrogens is 3. The number of amides is 1. The van der Waals surface area contributed by atoms with Gasteiger partial charge in [0.2, 0.25) is 5.89 Å². The van der Waals surface area contributed by atoms with Gasteiger partial charge in [0.15, 0.2) is 0 Å². The lowest BCUT2D eigenvalue weighted by atomic mass is 10.0. The molecule has 1 amide bonds. The van der Waals surface area contributed by atoms with E-state index in [1.54, 1.807) is 23.2 Å². The van der Waals surface area contributed by atoms with Gasteiger partial charge in [-0.2, -0.15) is 10.2 Å². The Hall–Kier alpha value is -3.09.